The van der Waals surface area contributed by atoms with Crippen LogP contribution in [-0.2, 0) is 9.59 Å². The number of carbonyl (C=O) groups excluding carboxylic acids is 3. The Balaban J connectivity index is 1.30. The molecule has 5 aliphatic rings. The van der Waals surface area contributed by atoms with E-state index in [-0.39, 0.29) is 35.5 Å². The summed E-state index contributed by atoms with van der Waals surface area (Å²) >= 11 is 0. The van der Waals surface area contributed by atoms with Crippen molar-refractivity contribution in [3.8, 4) is 5.75 Å². The average Bonchev–Trinajstić information content (AvgIpc) is 3.53. The highest BCUT2D eigenvalue weighted by Crippen LogP contribution is 2.65. The van der Waals surface area contributed by atoms with E-state index >= 15 is 0 Å². The zero-order chi connectivity index (χ0) is 20.6. The van der Waals surface area contributed by atoms with Gasteiger partial charge in [0, 0.05) is 0 Å². The van der Waals surface area contributed by atoms with Gasteiger partial charge in [-0.2, -0.15) is 0 Å². The predicted molar refractivity (Wildman–Crippen MR) is 110 cm³/mol. The molecule has 4 aliphatic carbocycles. The number of benzene rings is 2. The van der Waals surface area contributed by atoms with Crippen molar-refractivity contribution in [2.45, 2.75) is 13.3 Å². The van der Waals surface area contributed by atoms with Crippen LogP contribution in [-0.4, -0.2) is 17.8 Å². The third kappa shape index (κ3) is 2.38. The lowest BCUT2D eigenvalue weighted by atomic mass is 9.63. The van der Waals surface area contributed by atoms with E-state index in [0.717, 1.165) is 12.0 Å². The van der Waals surface area contributed by atoms with E-state index < -0.39 is 5.97 Å². The van der Waals surface area contributed by atoms with Crippen LogP contribution in [0.3, 0.4) is 0 Å². The van der Waals surface area contributed by atoms with Gasteiger partial charge in [0.15, 0.2) is 0 Å². The smallest absolute Gasteiger partial charge is 0.343 e. The van der Waals surface area contributed by atoms with Crippen LogP contribution in [0.1, 0.15) is 22.3 Å². The molecule has 6 atom stereocenters. The Morgan fingerprint density at radius 1 is 0.933 bits per heavy atom. The van der Waals surface area contributed by atoms with Crippen molar-refractivity contribution in [2.24, 2.45) is 35.5 Å². The van der Waals surface area contributed by atoms with Gasteiger partial charge in [0.2, 0.25) is 11.8 Å². The van der Waals surface area contributed by atoms with Crippen LogP contribution < -0.4 is 9.64 Å². The second kappa shape index (κ2) is 6.14. The summed E-state index contributed by atoms with van der Waals surface area (Å²) in [5, 5.41) is 0. The van der Waals surface area contributed by atoms with Gasteiger partial charge in [-0.1, -0.05) is 36.4 Å². The minimum absolute atomic E-state index is 0.126. The molecule has 2 aromatic carbocycles. The van der Waals surface area contributed by atoms with Crippen LogP contribution in [0.5, 0.6) is 5.75 Å². The van der Waals surface area contributed by atoms with E-state index in [1.54, 1.807) is 30.3 Å². The lowest BCUT2D eigenvalue weighted by Gasteiger charge is -2.37. The third-order valence-electron chi connectivity index (χ3n) is 7.30. The Morgan fingerprint density at radius 2 is 1.60 bits per heavy atom. The molecular formula is C25H21NO4. The molecular weight excluding hydrogens is 378 g/mol. The molecule has 3 fully saturated rings. The predicted octanol–water partition coefficient (Wildman–Crippen LogP) is 3.77. The highest BCUT2D eigenvalue weighted by atomic mass is 16.5. The molecule has 1 aliphatic heterocycles. The molecule has 1 saturated heterocycles. The van der Waals surface area contributed by atoms with Gasteiger partial charge in [-0.25, -0.2) is 9.69 Å². The number of esters is 1. The number of ether oxygens (including phenoxy) is 1. The third-order valence-corrected chi connectivity index (χ3v) is 7.30. The molecule has 0 unspecified atom stereocenters. The van der Waals surface area contributed by atoms with Gasteiger partial charge in [0.25, 0.3) is 0 Å². The SMILES string of the molecule is Cc1ccccc1OC(=O)c1cccc(N2C(=O)[C@@H]3[C@H]4C=C[C@@H]([C@@H]5C[C@@H]45)[C@@H]3C2=O)c1. The van der Waals surface area contributed by atoms with Crippen LogP contribution in [0, 0.1) is 42.4 Å². The van der Waals surface area contributed by atoms with Crippen molar-refractivity contribution < 1.29 is 19.1 Å². The highest BCUT2D eigenvalue weighted by molar-refractivity contribution is 6.23. The number of hydrogen-bond acceptors (Lipinski definition) is 4. The summed E-state index contributed by atoms with van der Waals surface area (Å²) in [6.45, 7) is 1.87. The number of hydrogen-bond donors (Lipinski definition) is 0. The summed E-state index contributed by atoms with van der Waals surface area (Å²) in [7, 11) is 0. The van der Waals surface area contributed by atoms with E-state index in [1.165, 1.54) is 4.90 Å². The van der Waals surface area contributed by atoms with Gasteiger partial charge in [0.05, 0.1) is 23.1 Å². The average molecular weight is 399 g/mol. The van der Waals surface area contributed by atoms with Crippen molar-refractivity contribution in [1.29, 1.82) is 0 Å². The van der Waals surface area contributed by atoms with E-state index in [0.29, 0.717) is 28.8 Å². The molecule has 2 aromatic rings. The summed E-state index contributed by atoms with van der Waals surface area (Å²) in [6, 6.07) is 13.9. The Morgan fingerprint density at radius 3 is 2.27 bits per heavy atom. The number of allylic oxidation sites excluding steroid dienone is 2. The molecule has 5 nitrogen and oxygen atoms in total. The van der Waals surface area contributed by atoms with E-state index in [4.69, 9.17) is 4.74 Å². The molecule has 30 heavy (non-hydrogen) atoms. The molecule has 1 heterocycles. The number of aryl methyl sites for hydroxylation is 1. The van der Waals surface area contributed by atoms with Crippen molar-refractivity contribution in [3.05, 3.63) is 71.8 Å². The summed E-state index contributed by atoms with van der Waals surface area (Å²) < 4.78 is 5.52. The molecule has 2 saturated carbocycles. The molecule has 7 rings (SSSR count). The first kappa shape index (κ1) is 17.6. The van der Waals surface area contributed by atoms with Gasteiger partial charge in [0.1, 0.15) is 5.75 Å². The molecule has 2 bridgehead atoms. The number of para-hydroxylation sites is 1. The maximum atomic E-state index is 13.3. The number of rotatable bonds is 3. The standard InChI is InChI=1S/C25H21NO4/c1-13-5-2-3-8-20(13)30-25(29)14-6-4-7-15(11-14)26-23(27)21-16-9-10-17(19-12-18(16)19)22(21)24(26)28/h2-11,16-19,21-22H,12H2,1H3/t16-,17-,18-,19-,21-,22+/m0/s1. The number of anilines is 1. The van der Waals surface area contributed by atoms with Gasteiger partial charge in [-0.15, -0.1) is 0 Å². The van der Waals surface area contributed by atoms with Crippen LogP contribution in [0.25, 0.3) is 0 Å². The van der Waals surface area contributed by atoms with Crippen molar-refractivity contribution in [2.75, 3.05) is 4.90 Å². The zero-order valence-corrected chi connectivity index (χ0v) is 16.5. The first-order chi connectivity index (χ1) is 14.5. The molecule has 150 valence electrons. The minimum Gasteiger partial charge on any atom is -0.423 e. The number of carbonyl (C=O) groups is 3. The molecule has 0 spiro atoms. The second-order valence-electron chi connectivity index (χ2n) is 8.87. The molecule has 5 heteroatoms. The van der Waals surface area contributed by atoms with Crippen LogP contribution in [0.15, 0.2) is 60.7 Å². The zero-order valence-electron chi connectivity index (χ0n) is 16.5. The molecule has 2 amide bonds. The molecule has 0 aromatic heterocycles. The fourth-order valence-corrected chi connectivity index (χ4v) is 5.81. The first-order valence-electron chi connectivity index (χ1n) is 10.5. The monoisotopic (exact) mass is 399 g/mol. The Hall–Kier alpha value is -3.21. The van der Waals surface area contributed by atoms with Gasteiger partial charge in [-0.3, -0.25) is 9.59 Å². The second-order valence-corrected chi connectivity index (χ2v) is 8.87. The fraction of sp³-hybridized carbons (Fsp3) is 0.320. The van der Waals surface area contributed by atoms with Gasteiger partial charge in [-0.05, 0) is 66.8 Å². The molecule has 0 N–H and O–H groups in total. The maximum Gasteiger partial charge on any atom is 0.343 e. The lowest BCUT2D eigenvalue weighted by Crippen LogP contribution is -2.40. The minimum atomic E-state index is -0.509. The Labute approximate surface area is 174 Å². The maximum absolute atomic E-state index is 13.3. The lowest BCUT2D eigenvalue weighted by molar-refractivity contribution is -0.124. The largest absolute Gasteiger partial charge is 0.423 e. The summed E-state index contributed by atoms with van der Waals surface area (Å²) in [6.07, 6.45) is 5.45. The van der Waals surface area contributed by atoms with Crippen molar-refractivity contribution >= 4 is 23.5 Å². The van der Waals surface area contributed by atoms with Crippen LogP contribution >= 0.6 is 0 Å². The first-order valence-corrected chi connectivity index (χ1v) is 10.5. The number of imide groups is 1. The summed E-state index contributed by atoms with van der Waals surface area (Å²) in [4.78, 5) is 40.5. The van der Waals surface area contributed by atoms with Crippen molar-refractivity contribution in [1.82, 2.24) is 0 Å². The number of nitrogens with zero attached hydrogens (tertiary/aromatic N) is 1. The normalized spacial score (nSPS) is 32.8. The summed E-state index contributed by atoms with van der Waals surface area (Å²) in [5.41, 5.74) is 1.62. The molecule has 0 radical (unpaired) electrons. The van der Waals surface area contributed by atoms with Gasteiger partial charge >= 0.3 is 5.97 Å². The van der Waals surface area contributed by atoms with Crippen LogP contribution in [0.2, 0.25) is 0 Å². The van der Waals surface area contributed by atoms with Crippen LogP contribution in [0.4, 0.5) is 5.69 Å². The quantitative estimate of drug-likeness (QED) is 0.341. The highest BCUT2D eigenvalue weighted by Gasteiger charge is 2.67. The summed E-state index contributed by atoms with van der Waals surface area (Å²) in [5.74, 6) is 0.721. The van der Waals surface area contributed by atoms with E-state index in [2.05, 4.69) is 12.2 Å². The Bertz CT molecular complexity index is 1100. The Kier molecular flexibility index (Phi) is 3.61. The topological polar surface area (TPSA) is 63.7 Å². The van der Waals surface area contributed by atoms with Gasteiger partial charge < -0.3 is 4.74 Å². The fourth-order valence-electron chi connectivity index (χ4n) is 5.81. The van der Waals surface area contributed by atoms with Crippen molar-refractivity contribution in [3.63, 3.8) is 0 Å². The van der Waals surface area contributed by atoms with E-state index in [9.17, 15) is 14.4 Å². The van der Waals surface area contributed by atoms with E-state index in [1.807, 2.05) is 25.1 Å². The number of amides is 2.